The van der Waals surface area contributed by atoms with Gasteiger partial charge in [0.05, 0.1) is 18.8 Å². The molecule has 4 N–H and O–H groups in total. The highest BCUT2D eigenvalue weighted by molar-refractivity contribution is 5.87. The second kappa shape index (κ2) is 11.5. The number of anilines is 2. The molecule has 2 saturated heterocycles. The minimum Gasteiger partial charge on any atom is -0.390 e. The van der Waals surface area contributed by atoms with Crippen LogP contribution >= 0.6 is 0 Å². The van der Waals surface area contributed by atoms with Crippen molar-refractivity contribution in [3.8, 4) is 0 Å². The molecule has 206 valence electrons. The van der Waals surface area contributed by atoms with E-state index >= 15 is 0 Å². The number of carbonyl (C=O) groups is 2. The third-order valence-electron chi connectivity index (χ3n) is 6.22. The van der Waals surface area contributed by atoms with Crippen molar-refractivity contribution in [3.05, 3.63) is 45.5 Å². The Morgan fingerprint density at radius 2 is 1.58 bits per heavy atom. The van der Waals surface area contributed by atoms with Crippen LogP contribution in [0.1, 0.15) is 46.1 Å². The molecule has 2 aromatic heterocycles. The standard InChI is InChI=1S/C23H30N6O9/c1-4-14-19(33)20(21(38-14)29-8-6-17(25-12(3)31)27-23(29)35)36-10-15-13(32)9-18(37-15)28-7-5-16(24-11(2)30)26-22(28)34/h5-8,13-15,18-21,32-33H,4,9-10H2,1-3H3,(H,24,26,30,34)(H,25,27,31,35)/t13?,14-,15-,18-,19?,20+,21-/m1/s1. The SMILES string of the molecule is CC[C@H]1O[C@@H](n2ccc(NC(C)=O)nc2=O)[C@@H](OC[C@H]2O[C@@H](n3ccc(NC(C)=O)nc3=O)CC2O)C1O. The Morgan fingerprint density at radius 3 is 2.11 bits per heavy atom. The lowest BCUT2D eigenvalue weighted by Gasteiger charge is -2.24. The number of nitrogens with zero attached hydrogens (tertiary/aromatic N) is 4. The van der Waals surface area contributed by atoms with Crippen LogP contribution in [-0.4, -0.2) is 78.3 Å². The Morgan fingerprint density at radius 1 is 1.00 bits per heavy atom. The van der Waals surface area contributed by atoms with Crippen LogP contribution in [0.3, 0.4) is 0 Å². The van der Waals surface area contributed by atoms with E-state index in [2.05, 4.69) is 20.6 Å². The van der Waals surface area contributed by atoms with Gasteiger partial charge in [-0.2, -0.15) is 9.97 Å². The molecule has 2 aliphatic rings. The van der Waals surface area contributed by atoms with Crippen molar-refractivity contribution < 1.29 is 34.0 Å². The molecule has 15 heteroatoms. The molecule has 0 bridgehead atoms. The van der Waals surface area contributed by atoms with Crippen molar-refractivity contribution in [1.29, 1.82) is 0 Å². The molecule has 2 fully saturated rings. The normalized spacial score (nSPS) is 28.8. The van der Waals surface area contributed by atoms with Gasteiger partial charge in [0.2, 0.25) is 11.8 Å². The van der Waals surface area contributed by atoms with Crippen LogP contribution < -0.4 is 22.0 Å². The Hall–Kier alpha value is -3.50. The minimum atomic E-state index is -1.09. The first-order chi connectivity index (χ1) is 18.1. The van der Waals surface area contributed by atoms with Gasteiger partial charge in [0, 0.05) is 32.7 Å². The second-order valence-electron chi connectivity index (χ2n) is 9.06. The largest absolute Gasteiger partial charge is 0.390 e. The zero-order valence-corrected chi connectivity index (χ0v) is 21.0. The number of hydrogen-bond donors (Lipinski definition) is 4. The molecule has 2 amide bonds. The highest BCUT2D eigenvalue weighted by atomic mass is 16.6. The van der Waals surface area contributed by atoms with Gasteiger partial charge >= 0.3 is 11.4 Å². The molecule has 2 aromatic rings. The average Bonchev–Trinajstić information content (AvgIpc) is 3.35. The van der Waals surface area contributed by atoms with E-state index in [1.807, 2.05) is 6.92 Å². The van der Waals surface area contributed by atoms with Crippen molar-refractivity contribution in [1.82, 2.24) is 19.1 Å². The fraction of sp³-hybridized carbons (Fsp3) is 0.565. The van der Waals surface area contributed by atoms with E-state index in [1.165, 1.54) is 42.9 Å². The molecule has 38 heavy (non-hydrogen) atoms. The van der Waals surface area contributed by atoms with E-state index < -0.39 is 54.4 Å². The van der Waals surface area contributed by atoms with Crippen LogP contribution in [0, 0.1) is 0 Å². The molecular weight excluding hydrogens is 504 g/mol. The van der Waals surface area contributed by atoms with Gasteiger partial charge in [-0.15, -0.1) is 0 Å². The Balaban J connectivity index is 1.46. The van der Waals surface area contributed by atoms with Crippen LogP contribution in [0.5, 0.6) is 0 Å². The van der Waals surface area contributed by atoms with Crippen LogP contribution in [0.25, 0.3) is 0 Å². The zero-order valence-electron chi connectivity index (χ0n) is 21.0. The highest BCUT2D eigenvalue weighted by Gasteiger charge is 2.46. The number of aliphatic hydroxyl groups is 2. The van der Waals surface area contributed by atoms with Gasteiger partial charge in [-0.05, 0) is 18.6 Å². The summed E-state index contributed by atoms with van der Waals surface area (Å²) in [7, 11) is 0. The maximum atomic E-state index is 12.6. The fourth-order valence-corrected chi connectivity index (χ4v) is 4.44. The van der Waals surface area contributed by atoms with Gasteiger partial charge in [0.25, 0.3) is 0 Å². The first-order valence-corrected chi connectivity index (χ1v) is 12.1. The van der Waals surface area contributed by atoms with Crippen molar-refractivity contribution in [3.63, 3.8) is 0 Å². The number of aliphatic hydroxyl groups excluding tert-OH is 2. The topological polar surface area (TPSA) is 196 Å². The molecule has 4 rings (SSSR count). The molecule has 15 nitrogen and oxygen atoms in total. The first kappa shape index (κ1) is 27.5. The third kappa shape index (κ3) is 5.97. The lowest BCUT2D eigenvalue weighted by molar-refractivity contribution is -0.118. The molecule has 2 aliphatic heterocycles. The summed E-state index contributed by atoms with van der Waals surface area (Å²) in [6, 6.07) is 2.86. The van der Waals surface area contributed by atoms with E-state index in [1.54, 1.807) is 0 Å². The monoisotopic (exact) mass is 534 g/mol. The van der Waals surface area contributed by atoms with E-state index in [0.29, 0.717) is 6.42 Å². The fourth-order valence-electron chi connectivity index (χ4n) is 4.44. The van der Waals surface area contributed by atoms with Crippen molar-refractivity contribution in [2.45, 2.75) is 76.6 Å². The van der Waals surface area contributed by atoms with Crippen LogP contribution in [0.4, 0.5) is 11.6 Å². The summed E-state index contributed by atoms with van der Waals surface area (Å²) in [5, 5.41) is 26.2. The predicted molar refractivity (Wildman–Crippen MR) is 130 cm³/mol. The van der Waals surface area contributed by atoms with Crippen molar-refractivity contribution in [2.24, 2.45) is 0 Å². The highest BCUT2D eigenvalue weighted by Crippen LogP contribution is 2.34. The molecule has 4 heterocycles. The van der Waals surface area contributed by atoms with Gasteiger partial charge in [-0.3, -0.25) is 18.7 Å². The van der Waals surface area contributed by atoms with Crippen LogP contribution in [0.2, 0.25) is 0 Å². The first-order valence-electron chi connectivity index (χ1n) is 12.1. The summed E-state index contributed by atoms with van der Waals surface area (Å²) in [5.41, 5.74) is -1.39. The Bertz CT molecular complexity index is 1300. The van der Waals surface area contributed by atoms with Gasteiger partial charge in [-0.1, -0.05) is 6.92 Å². The molecule has 2 unspecified atom stereocenters. The molecule has 0 aromatic carbocycles. The lowest BCUT2D eigenvalue weighted by atomic mass is 10.1. The smallest absolute Gasteiger partial charge is 0.351 e. The third-order valence-corrected chi connectivity index (χ3v) is 6.22. The summed E-state index contributed by atoms with van der Waals surface area (Å²) in [5.74, 6) is -0.587. The number of aromatic nitrogens is 4. The Labute approximate surface area is 216 Å². The summed E-state index contributed by atoms with van der Waals surface area (Å²) in [6.45, 7) is 4.22. The second-order valence-corrected chi connectivity index (χ2v) is 9.06. The van der Waals surface area contributed by atoms with Crippen LogP contribution in [-0.2, 0) is 23.8 Å². The van der Waals surface area contributed by atoms with Gasteiger partial charge in [0.15, 0.2) is 6.23 Å². The summed E-state index contributed by atoms with van der Waals surface area (Å²) in [4.78, 5) is 55.1. The average molecular weight is 535 g/mol. The number of ether oxygens (including phenoxy) is 3. The van der Waals surface area contributed by atoms with Gasteiger partial charge in [0.1, 0.15) is 36.2 Å². The number of rotatable bonds is 8. The minimum absolute atomic E-state index is 0.0742. The molecule has 0 saturated carbocycles. The predicted octanol–water partition coefficient (Wildman–Crippen LogP) is -0.881. The summed E-state index contributed by atoms with van der Waals surface area (Å²) < 4.78 is 20.0. The van der Waals surface area contributed by atoms with E-state index in [0.717, 1.165) is 4.57 Å². The molecule has 0 aliphatic carbocycles. The molecule has 7 atom stereocenters. The molecule has 0 radical (unpaired) electrons. The number of nitrogens with one attached hydrogen (secondary N) is 2. The Kier molecular flexibility index (Phi) is 8.32. The van der Waals surface area contributed by atoms with Crippen LogP contribution in [0.15, 0.2) is 34.1 Å². The summed E-state index contributed by atoms with van der Waals surface area (Å²) >= 11 is 0. The van der Waals surface area contributed by atoms with Crippen molar-refractivity contribution >= 4 is 23.5 Å². The maximum absolute atomic E-state index is 12.6. The number of amides is 2. The lowest BCUT2D eigenvalue weighted by Crippen LogP contribution is -2.40. The van der Waals surface area contributed by atoms with E-state index in [-0.39, 0.29) is 36.5 Å². The van der Waals surface area contributed by atoms with Gasteiger partial charge in [-0.25, -0.2) is 9.59 Å². The number of carbonyl (C=O) groups excluding carboxylic acids is 2. The zero-order chi connectivity index (χ0) is 27.6. The van der Waals surface area contributed by atoms with Gasteiger partial charge < -0.3 is 35.1 Å². The molecular formula is C23H30N6O9. The van der Waals surface area contributed by atoms with Crippen molar-refractivity contribution in [2.75, 3.05) is 17.2 Å². The quantitative estimate of drug-likeness (QED) is 0.328. The van der Waals surface area contributed by atoms with E-state index in [9.17, 15) is 29.4 Å². The summed E-state index contributed by atoms with van der Waals surface area (Å²) in [6.07, 6.45) is -3.11. The molecule has 0 spiro atoms. The number of hydrogen-bond acceptors (Lipinski definition) is 11. The van der Waals surface area contributed by atoms with E-state index in [4.69, 9.17) is 14.2 Å². The maximum Gasteiger partial charge on any atom is 0.351 e.